The van der Waals surface area contributed by atoms with Crippen molar-refractivity contribution in [2.75, 3.05) is 19.6 Å². The van der Waals surface area contributed by atoms with Crippen LogP contribution in [-0.4, -0.2) is 35.7 Å². The molecule has 0 radical (unpaired) electrons. The van der Waals surface area contributed by atoms with Crippen molar-refractivity contribution in [3.05, 3.63) is 11.7 Å². The number of guanidine groups is 1. The van der Waals surface area contributed by atoms with Gasteiger partial charge in [0.2, 0.25) is 5.89 Å². The summed E-state index contributed by atoms with van der Waals surface area (Å²) in [5, 5.41) is 10.4. The van der Waals surface area contributed by atoms with E-state index < -0.39 is 0 Å². The monoisotopic (exact) mass is 423 g/mol. The third-order valence-electron chi connectivity index (χ3n) is 3.06. The lowest BCUT2D eigenvalue weighted by molar-refractivity contribution is 0.372. The standard InChI is InChI=1S/C15H29N5O.HI/c1-4-6-7-8-11-17-15(16-5-2)18-12-9-10-14-19-13(3)20-21-14;/h4-12H2,1-3H3,(H2,16,17,18);1H. The lowest BCUT2D eigenvalue weighted by Gasteiger charge is -2.10. The van der Waals surface area contributed by atoms with Crippen molar-refractivity contribution in [1.82, 2.24) is 20.8 Å². The highest BCUT2D eigenvalue weighted by Gasteiger charge is 2.02. The first-order chi connectivity index (χ1) is 10.3. The summed E-state index contributed by atoms with van der Waals surface area (Å²) in [5.41, 5.74) is 0. The molecule has 0 saturated carbocycles. The maximum absolute atomic E-state index is 5.08. The normalized spacial score (nSPS) is 11.1. The van der Waals surface area contributed by atoms with Crippen molar-refractivity contribution in [3.8, 4) is 0 Å². The zero-order chi connectivity index (χ0) is 15.3. The van der Waals surface area contributed by atoms with Gasteiger partial charge in [-0.25, -0.2) is 0 Å². The van der Waals surface area contributed by atoms with E-state index >= 15 is 0 Å². The third kappa shape index (κ3) is 9.97. The Hall–Kier alpha value is -0.860. The second-order valence-electron chi connectivity index (χ2n) is 5.09. The lowest BCUT2D eigenvalue weighted by atomic mass is 10.2. The Morgan fingerprint density at radius 1 is 1.14 bits per heavy atom. The fourth-order valence-electron chi connectivity index (χ4n) is 1.96. The van der Waals surface area contributed by atoms with Gasteiger partial charge in [0.25, 0.3) is 0 Å². The van der Waals surface area contributed by atoms with E-state index in [1.54, 1.807) is 0 Å². The van der Waals surface area contributed by atoms with E-state index in [0.717, 1.165) is 38.4 Å². The molecule has 22 heavy (non-hydrogen) atoms. The van der Waals surface area contributed by atoms with Gasteiger partial charge in [0.1, 0.15) is 0 Å². The number of hydrogen-bond acceptors (Lipinski definition) is 4. The predicted molar refractivity (Wildman–Crippen MR) is 101 cm³/mol. The number of halogens is 1. The first-order valence-corrected chi connectivity index (χ1v) is 8.07. The summed E-state index contributed by atoms with van der Waals surface area (Å²) < 4.78 is 5.08. The summed E-state index contributed by atoms with van der Waals surface area (Å²) in [5.74, 6) is 2.28. The van der Waals surface area contributed by atoms with E-state index in [4.69, 9.17) is 4.52 Å². The van der Waals surface area contributed by atoms with Crippen LogP contribution in [0.5, 0.6) is 0 Å². The molecular weight excluding hydrogens is 393 g/mol. The molecule has 0 atom stereocenters. The number of nitrogens with zero attached hydrogens (tertiary/aromatic N) is 3. The molecule has 0 saturated heterocycles. The smallest absolute Gasteiger partial charge is 0.226 e. The summed E-state index contributed by atoms with van der Waals surface area (Å²) in [6, 6.07) is 0. The van der Waals surface area contributed by atoms with Gasteiger partial charge in [-0.2, -0.15) is 4.98 Å². The highest BCUT2D eigenvalue weighted by atomic mass is 127. The number of hydrogen-bond donors (Lipinski definition) is 2. The highest BCUT2D eigenvalue weighted by Crippen LogP contribution is 2.00. The van der Waals surface area contributed by atoms with Crippen molar-refractivity contribution in [2.24, 2.45) is 4.99 Å². The van der Waals surface area contributed by atoms with Crippen LogP contribution in [0.25, 0.3) is 0 Å². The summed E-state index contributed by atoms with van der Waals surface area (Å²) >= 11 is 0. The fourth-order valence-corrected chi connectivity index (χ4v) is 1.96. The van der Waals surface area contributed by atoms with Gasteiger partial charge in [0.15, 0.2) is 11.8 Å². The maximum atomic E-state index is 5.08. The molecule has 0 aliphatic carbocycles. The van der Waals surface area contributed by atoms with Crippen LogP contribution in [0, 0.1) is 6.92 Å². The number of unbranched alkanes of at least 4 members (excludes halogenated alkanes) is 3. The van der Waals surface area contributed by atoms with E-state index in [-0.39, 0.29) is 24.0 Å². The minimum absolute atomic E-state index is 0. The molecule has 0 spiro atoms. The summed E-state index contributed by atoms with van der Waals surface area (Å²) in [7, 11) is 0. The molecule has 0 aromatic carbocycles. The van der Waals surface area contributed by atoms with E-state index in [1.807, 2.05) is 6.92 Å². The van der Waals surface area contributed by atoms with E-state index in [2.05, 4.69) is 39.6 Å². The van der Waals surface area contributed by atoms with Crippen molar-refractivity contribution in [1.29, 1.82) is 0 Å². The third-order valence-corrected chi connectivity index (χ3v) is 3.06. The maximum Gasteiger partial charge on any atom is 0.226 e. The molecule has 1 aromatic rings. The van der Waals surface area contributed by atoms with Gasteiger partial charge in [-0.05, 0) is 26.7 Å². The topological polar surface area (TPSA) is 75.3 Å². The van der Waals surface area contributed by atoms with E-state index in [0.29, 0.717) is 11.7 Å². The van der Waals surface area contributed by atoms with Crippen LogP contribution in [0.4, 0.5) is 0 Å². The second kappa shape index (κ2) is 13.8. The van der Waals surface area contributed by atoms with Gasteiger partial charge in [0, 0.05) is 26.1 Å². The summed E-state index contributed by atoms with van der Waals surface area (Å²) in [4.78, 5) is 8.74. The number of aliphatic imine (C=N–C) groups is 1. The van der Waals surface area contributed by atoms with E-state index in [9.17, 15) is 0 Å². The Balaban J connectivity index is 0.00000441. The molecule has 0 amide bonds. The Bertz CT molecular complexity index is 408. The van der Waals surface area contributed by atoms with Crippen LogP contribution in [0.3, 0.4) is 0 Å². The summed E-state index contributed by atoms with van der Waals surface area (Å²) in [6.07, 6.45) is 6.73. The van der Waals surface area contributed by atoms with Crippen LogP contribution in [0.15, 0.2) is 9.52 Å². The molecule has 6 nitrogen and oxygen atoms in total. The number of aryl methyl sites for hydroxylation is 2. The molecule has 2 N–H and O–H groups in total. The van der Waals surface area contributed by atoms with Gasteiger partial charge >= 0.3 is 0 Å². The Morgan fingerprint density at radius 3 is 2.59 bits per heavy atom. The Labute approximate surface area is 150 Å². The predicted octanol–water partition coefficient (Wildman–Crippen LogP) is 3.06. The largest absolute Gasteiger partial charge is 0.357 e. The first-order valence-electron chi connectivity index (χ1n) is 8.07. The quantitative estimate of drug-likeness (QED) is 0.262. The van der Waals surface area contributed by atoms with Crippen molar-refractivity contribution in [2.45, 2.75) is 59.3 Å². The highest BCUT2D eigenvalue weighted by molar-refractivity contribution is 14.0. The van der Waals surface area contributed by atoms with Gasteiger partial charge in [-0.15, -0.1) is 24.0 Å². The zero-order valence-corrected chi connectivity index (χ0v) is 16.4. The molecule has 0 bridgehead atoms. The molecule has 7 heteroatoms. The molecule has 1 heterocycles. The number of nitrogens with one attached hydrogen (secondary N) is 2. The molecule has 1 aromatic heterocycles. The first kappa shape index (κ1) is 21.1. The SMILES string of the molecule is CCCCCCNC(=NCCCc1nc(C)no1)NCC.I. The van der Waals surface area contributed by atoms with Crippen LogP contribution >= 0.6 is 24.0 Å². The van der Waals surface area contributed by atoms with Gasteiger partial charge in [-0.1, -0.05) is 31.3 Å². The van der Waals surface area contributed by atoms with Gasteiger partial charge in [0.05, 0.1) is 0 Å². The average molecular weight is 423 g/mol. The summed E-state index contributed by atoms with van der Waals surface area (Å²) in [6.45, 7) is 8.75. The second-order valence-corrected chi connectivity index (χ2v) is 5.09. The number of rotatable bonds is 10. The van der Waals surface area contributed by atoms with Crippen molar-refractivity contribution in [3.63, 3.8) is 0 Å². The Kier molecular flexibility index (Phi) is 13.2. The minimum atomic E-state index is 0. The van der Waals surface area contributed by atoms with Gasteiger partial charge < -0.3 is 15.2 Å². The van der Waals surface area contributed by atoms with Gasteiger partial charge in [-0.3, -0.25) is 4.99 Å². The number of aromatic nitrogens is 2. The average Bonchev–Trinajstić information content (AvgIpc) is 2.88. The molecular formula is C15H30IN5O. The molecule has 0 fully saturated rings. The Morgan fingerprint density at radius 2 is 1.95 bits per heavy atom. The van der Waals surface area contributed by atoms with Crippen LogP contribution in [0.2, 0.25) is 0 Å². The molecule has 0 aliphatic heterocycles. The van der Waals surface area contributed by atoms with Crippen LogP contribution in [0.1, 0.15) is 57.7 Å². The van der Waals surface area contributed by atoms with Crippen LogP contribution < -0.4 is 10.6 Å². The van der Waals surface area contributed by atoms with Crippen LogP contribution in [-0.2, 0) is 6.42 Å². The molecule has 0 aliphatic rings. The van der Waals surface area contributed by atoms with Crippen molar-refractivity contribution >= 4 is 29.9 Å². The zero-order valence-electron chi connectivity index (χ0n) is 14.0. The lowest BCUT2D eigenvalue weighted by Crippen LogP contribution is -2.37. The van der Waals surface area contributed by atoms with Crippen molar-refractivity contribution < 1.29 is 4.52 Å². The molecule has 1 rings (SSSR count). The fraction of sp³-hybridized carbons (Fsp3) is 0.800. The molecule has 0 unspecified atom stereocenters. The minimum Gasteiger partial charge on any atom is -0.357 e. The molecule has 128 valence electrons. The van der Waals surface area contributed by atoms with E-state index in [1.165, 1.54) is 25.7 Å².